The van der Waals surface area contributed by atoms with Crippen molar-refractivity contribution in [2.45, 2.75) is 37.6 Å². The highest BCUT2D eigenvalue weighted by molar-refractivity contribution is 7.98. The highest BCUT2D eigenvalue weighted by Crippen LogP contribution is 2.29. The molecule has 0 saturated carbocycles. The third-order valence-electron chi connectivity index (χ3n) is 4.51. The molecule has 1 atom stereocenters. The van der Waals surface area contributed by atoms with Crippen molar-refractivity contribution < 1.29 is 0 Å². The molecule has 0 spiro atoms. The van der Waals surface area contributed by atoms with Crippen molar-refractivity contribution in [1.29, 1.82) is 0 Å². The molecule has 2 heteroatoms. The average Bonchev–Trinajstić information content (AvgIpc) is 2.64. The molecular weight excluding hydrogens is 310 g/mol. The van der Waals surface area contributed by atoms with Crippen molar-refractivity contribution in [2.75, 3.05) is 12.8 Å². The summed E-state index contributed by atoms with van der Waals surface area (Å²) in [7, 11) is 0. The molecule has 24 heavy (non-hydrogen) atoms. The van der Waals surface area contributed by atoms with Gasteiger partial charge in [0.05, 0.1) is 0 Å². The Balaban J connectivity index is 1.87. The van der Waals surface area contributed by atoms with Crippen LogP contribution in [0.4, 0.5) is 0 Å². The summed E-state index contributed by atoms with van der Waals surface area (Å²) < 4.78 is 0. The molecule has 0 aliphatic heterocycles. The standard InChI is InChI=1S/C22H29NS/c1-4-8-18(5-2)15-16-23-17-19-11-13-20(14-12-19)21-9-6-7-10-22(21)24-3/h4,6-7,9-14,18,23H,1,5,8,15-17H2,2-3H3. The first-order valence-electron chi connectivity index (χ1n) is 8.82. The summed E-state index contributed by atoms with van der Waals surface area (Å²) in [4.78, 5) is 1.33. The summed E-state index contributed by atoms with van der Waals surface area (Å²) in [5, 5.41) is 3.57. The van der Waals surface area contributed by atoms with Gasteiger partial charge in [0.2, 0.25) is 0 Å². The third-order valence-corrected chi connectivity index (χ3v) is 5.30. The van der Waals surface area contributed by atoms with Gasteiger partial charge >= 0.3 is 0 Å². The second-order valence-electron chi connectivity index (χ2n) is 6.16. The normalized spacial score (nSPS) is 12.1. The van der Waals surface area contributed by atoms with Crippen LogP contribution in [-0.4, -0.2) is 12.8 Å². The lowest BCUT2D eigenvalue weighted by molar-refractivity contribution is 0.456. The van der Waals surface area contributed by atoms with E-state index in [-0.39, 0.29) is 0 Å². The van der Waals surface area contributed by atoms with Crippen molar-refractivity contribution in [3.8, 4) is 11.1 Å². The minimum Gasteiger partial charge on any atom is -0.313 e. The van der Waals surface area contributed by atoms with Crippen molar-refractivity contribution in [2.24, 2.45) is 5.92 Å². The first-order chi connectivity index (χ1) is 11.8. The van der Waals surface area contributed by atoms with E-state index in [0.29, 0.717) is 0 Å². The molecule has 1 unspecified atom stereocenters. The maximum atomic E-state index is 3.85. The predicted octanol–water partition coefficient (Wildman–Crippen LogP) is 6.16. The zero-order chi connectivity index (χ0) is 17.2. The van der Waals surface area contributed by atoms with Crippen LogP contribution in [-0.2, 0) is 6.54 Å². The average molecular weight is 340 g/mol. The number of hydrogen-bond donors (Lipinski definition) is 1. The van der Waals surface area contributed by atoms with Gasteiger partial charge in [0, 0.05) is 11.4 Å². The fourth-order valence-corrected chi connectivity index (χ4v) is 3.57. The molecule has 128 valence electrons. The molecule has 0 fully saturated rings. The first kappa shape index (κ1) is 18.8. The summed E-state index contributed by atoms with van der Waals surface area (Å²) in [5.41, 5.74) is 3.96. The molecule has 0 saturated heterocycles. The minimum atomic E-state index is 0.764. The molecule has 0 heterocycles. The number of rotatable bonds is 10. The largest absolute Gasteiger partial charge is 0.313 e. The van der Waals surface area contributed by atoms with Gasteiger partial charge in [-0.3, -0.25) is 0 Å². The molecule has 0 amide bonds. The molecule has 2 aromatic carbocycles. The van der Waals surface area contributed by atoms with Gasteiger partial charge in [0.15, 0.2) is 0 Å². The smallest absolute Gasteiger partial charge is 0.0205 e. The van der Waals surface area contributed by atoms with E-state index in [0.717, 1.165) is 25.4 Å². The van der Waals surface area contributed by atoms with Gasteiger partial charge in [-0.05, 0) is 54.3 Å². The van der Waals surface area contributed by atoms with Gasteiger partial charge < -0.3 is 5.32 Å². The number of nitrogens with one attached hydrogen (secondary N) is 1. The Bertz CT molecular complexity index is 618. The lowest BCUT2D eigenvalue weighted by Crippen LogP contribution is -2.17. The van der Waals surface area contributed by atoms with Crippen LogP contribution in [0.3, 0.4) is 0 Å². The Hall–Kier alpha value is -1.51. The van der Waals surface area contributed by atoms with E-state index in [1.807, 2.05) is 6.08 Å². The van der Waals surface area contributed by atoms with Crippen LogP contribution in [0.25, 0.3) is 11.1 Å². The van der Waals surface area contributed by atoms with E-state index in [4.69, 9.17) is 0 Å². The molecule has 2 rings (SSSR count). The minimum absolute atomic E-state index is 0.764. The monoisotopic (exact) mass is 339 g/mol. The lowest BCUT2D eigenvalue weighted by Gasteiger charge is -2.13. The second-order valence-corrected chi connectivity index (χ2v) is 7.01. The van der Waals surface area contributed by atoms with Gasteiger partial charge in [0.25, 0.3) is 0 Å². The molecule has 0 aliphatic carbocycles. The highest BCUT2D eigenvalue weighted by atomic mass is 32.2. The summed E-state index contributed by atoms with van der Waals surface area (Å²) in [6.45, 7) is 8.12. The number of benzene rings is 2. The van der Waals surface area contributed by atoms with Crippen molar-refractivity contribution in [3.63, 3.8) is 0 Å². The molecule has 0 aliphatic rings. The SMILES string of the molecule is C=CCC(CC)CCNCc1ccc(-c2ccccc2SC)cc1. The molecular formula is C22H29NS. The van der Waals surface area contributed by atoms with Gasteiger partial charge in [-0.1, -0.05) is 61.9 Å². The first-order valence-corrected chi connectivity index (χ1v) is 10.0. The van der Waals surface area contributed by atoms with Crippen molar-refractivity contribution >= 4 is 11.8 Å². The van der Waals surface area contributed by atoms with Gasteiger partial charge in [-0.15, -0.1) is 18.3 Å². The Morgan fingerprint density at radius 1 is 1.12 bits per heavy atom. The van der Waals surface area contributed by atoms with Crippen LogP contribution in [0, 0.1) is 5.92 Å². The Labute approximate surface area is 151 Å². The van der Waals surface area contributed by atoms with Crippen LogP contribution in [0.1, 0.15) is 31.7 Å². The highest BCUT2D eigenvalue weighted by Gasteiger charge is 2.05. The number of allylic oxidation sites excluding steroid dienone is 1. The Morgan fingerprint density at radius 2 is 1.88 bits per heavy atom. The molecule has 0 bridgehead atoms. The zero-order valence-corrected chi connectivity index (χ0v) is 15.7. The number of hydrogen-bond acceptors (Lipinski definition) is 2. The van der Waals surface area contributed by atoms with Crippen LogP contribution in [0.2, 0.25) is 0 Å². The van der Waals surface area contributed by atoms with E-state index in [1.54, 1.807) is 11.8 Å². The molecule has 0 aromatic heterocycles. The lowest BCUT2D eigenvalue weighted by atomic mass is 9.98. The topological polar surface area (TPSA) is 12.0 Å². The third kappa shape index (κ3) is 5.54. The van der Waals surface area contributed by atoms with E-state index < -0.39 is 0 Å². The van der Waals surface area contributed by atoms with E-state index in [9.17, 15) is 0 Å². The van der Waals surface area contributed by atoms with Gasteiger partial charge in [0.1, 0.15) is 0 Å². The summed E-state index contributed by atoms with van der Waals surface area (Å²) in [5.74, 6) is 0.764. The van der Waals surface area contributed by atoms with Gasteiger partial charge in [-0.2, -0.15) is 0 Å². The van der Waals surface area contributed by atoms with Crippen LogP contribution < -0.4 is 5.32 Å². The maximum Gasteiger partial charge on any atom is 0.0205 e. The van der Waals surface area contributed by atoms with E-state index in [2.05, 4.69) is 73.6 Å². The van der Waals surface area contributed by atoms with E-state index in [1.165, 1.54) is 34.4 Å². The molecule has 2 aromatic rings. The van der Waals surface area contributed by atoms with E-state index >= 15 is 0 Å². The second kappa shape index (κ2) is 10.4. The number of thioether (sulfide) groups is 1. The summed E-state index contributed by atoms with van der Waals surface area (Å²) in [6.07, 6.45) is 7.76. The zero-order valence-electron chi connectivity index (χ0n) is 14.9. The fourth-order valence-electron chi connectivity index (χ4n) is 2.95. The fraction of sp³-hybridized carbons (Fsp3) is 0.364. The summed E-state index contributed by atoms with van der Waals surface area (Å²) >= 11 is 1.80. The Kier molecular flexibility index (Phi) is 8.14. The van der Waals surface area contributed by atoms with Crippen LogP contribution in [0.15, 0.2) is 66.1 Å². The Morgan fingerprint density at radius 3 is 2.54 bits per heavy atom. The predicted molar refractivity (Wildman–Crippen MR) is 109 cm³/mol. The van der Waals surface area contributed by atoms with Crippen molar-refractivity contribution in [3.05, 3.63) is 66.7 Å². The van der Waals surface area contributed by atoms with Gasteiger partial charge in [-0.25, -0.2) is 0 Å². The van der Waals surface area contributed by atoms with Crippen molar-refractivity contribution in [1.82, 2.24) is 5.32 Å². The molecule has 1 nitrogen and oxygen atoms in total. The molecule has 0 radical (unpaired) electrons. The van der Waals surface area contributed by atoms with Crippen LogP contribution in [0.5, 0.6) is 0 Å². The molecule has 1 N–H and O–H groups in total. The quantitative estimate of drug-likeness (QED) is 0.316. The van der Waals surface area contributed by atoms with Crippen LogP contribution >= 0.6 is 11.8 Å². The summed E-state index contributed by atoms with van der Waals surface area (Å²) in [6, 6.07) is 17.5. The maximum absolute atomic E-state index is 3.85.